The van der Waals surface area contributed by atoms with Crippen molar-refractivity contribution in [2.45, 2.75) is 33.6 Å². The first kappa shape index (κ1) is 13.7. The van der Waals surface area contributed by atoms with Crippen LogP contribution in [0.3, 0.4) is 0 Å². The largest absolute Gasteiger partial charge is 0.345 e. The van der Waals surface area contributed by atoms with Crippen LogP contribution in [-0.4, -0.2) is 7.05 Å². The van der Waals surface area contributed by atoms with E-state index in [1.165, 1.54) is 28.1 Å². The number of nitrogens with zero attached hydrogens (tertiary/aromatic N) is 1. The summed E-state index contributed by atoms with van der Waals surface area (Å²) in [7, 11) is 2.12. The molecule has 0 atom stereocenters. The lowest BCUT2D eigenvalue weighted by Gasteiger charge is -2.21. The van der Waals surface area contributed by atoms with Gasteiger partial charge in [0.05, 0.1) is 0 Å². The Kier molecular flexibility index (Phi) is 3.94. The fraction of sp³-hybridized carbons (Fsp3) is 0.333. The van der Waals surface area contributed by atoms with Crippen LogP contribution in [0.1, 0.15) is 36.5 Å². The smallest absolute Gasteiger partial charge is 0.0410 e. The van der Waals surface area contributed by atoms with Gasteiger partial charge in [-0.2, -0.15) is 0 Å². The van der Waals surface area contributed by atoms with E-state index in [0.29, 0.717) is 5.92 Å². The molecule has 0 N–H and O–H groups in total. The van der Waals surface area contributed by atoms with Crippen LogP contribution in [0.2, 0.25) is 0 Å². The first-order valence-electron chi connectivity index (χ1n) is 6.90. The van der Waals surface area contributed by atoms with Gasteiger partial charge in [0.15, 0.2) is 0 Å². The summed E-state index contributed by atoms with van der Waals surface area (Å²) in [6, 6.07) is 15.4. The second kappa shape index (κ2) is 5.48. The van der Waals surface area contributed by atoms with Crippen LogP contribution in [-0.2, 0) is 0 Å². The van der Waals surface area contributed by atoms with Crippen LogP contribution in [0.5, 0.6) is 0 Å². The molecule has 0 aromatic heterocycles. The molecule has 0 aliphatic heterocycles. The zero-order chi connectivity index (χ0) is 14.0. The summed E-state index contributed by atoms with van der Waals surface area (Å²) < 4.78 is 0. The van der Waals surface area contributed by atoms with Gasteiger partial charge in [0.2, 0.25) is 0 Å². The highest BCUT2D eigenvalue weighted by molar-refractivity contribution is 5.64. The molecule has 19 heavy (non-hydrogen) atoms. The Bertz CT molecular complexity index is 552. The van der Waals surface area contributed by atoms with Gasteiger partial charge in [-0.3, -0.25) is 0 Å². The average molecular weight is 253 g/mol. The summed E-state index contributed by atoms with van der Waals surface area (Å²) >= 11 is 0. The van der Waals surface area contributed by atoms with Gasteiger partial charge in [-0.05, 0) is 55.2 Å². The monoisotopic (exact) mass is 253 g/mol. The molecule has 0 bridgehead atoms. The van der Waals surface area contributed by atoms with Crippen molar-refractivity contribution >= 4 is 11.4 Å². The number of rotatable bonds is 3. The highest BCUT2D eigenvalue weighted by Gasteiger charge is 2.08. The van der Waals surface area contributed by atoms with E-state index >= 15 is 0 Å². The SMILES string of the molecule is Cc1ccc(N(C)c2ccc(C(C)C)c(C)c2)cc1. The Morgan fingerprint density at radius 2 is 1.42 bits per heavy atom. The summed E-state index contributed by atoms with van der Waals surface area (Å²) in [5.74, 6) is 0.582. The Labute approximate surface area is 116 Å². The summed E-state index contributed by atoms with van der Waals surface area (Å²) in [5.41, 5.74) is 6.56. The van der Waals surface area contributed by atoms with Crippen LogP contribution in [0.4, 0.5) is 11.4 Å². The van der Waals surface area contributed by atoms with Crippen molar-refractivity contribution in [1.29, 1.82) is 0 Å². The Morgan fingerprint density at radius 3 is 1.95 bits per heavy atom. The molecule has 0 amide bonds. The maximum atomic E-state index is 2.27. The summed E-state index contributed by atoms with van der Waals surface area (Å²) in [6.45, 7) is 8.80. The zero-order valence-corrected chi connectivity index (χ0v) is 12.6. The van der Waals surface area contributed by atoms with E-state index in [9.17, 15) is 0 Å². The Morgan fingerprint density at radius 1 is 0.842 bits per heavy atom. The predicted molar refractivity (Wildman–Crippen MR) is 84.5 cm³/mol. The van der Waals surface area contributed by atoms with E-state index < -0.39 is 0 Å². The molecule has 2 aromatic carbocycles. The van der Waals surface area contributed by atoms with E-state index in [-0.39, 0.29) is 0 Å². The lowest BCUT2D eigenvalue weighted by molar-refractivity contribution is 0.856. The highest BCUT2D eigenvalue weighted by Crippen LogP contribution is 2.28. The molecule has 0 unspecified atom stereocenters. The van der Waals surface area contributed by atoms with Gasteiger partial charge in [0, 0.05) is 18.4 Å². The summed E-state index contributed by atoms with van der Waals surface area (Å²) in [4.78, 5) is 2.23. The van der Waals surface area contributed by atoms with E-state index in [1.54, 1.807) is 0 Å². The highest BCUT2D eigenvalue weighted by atomic mass is 15.1. The van der Waals surface area contributed by atoms with Gasteiger partial charge in [0.25, 0.3) is 0 Å². The van der Waals surface area contributed by atoms with Crippen molar-refractivity contribution in [1.82, 2.24) is 0 Å². The first-order valence-corrected chi connectivity index (χ1v) is 6.90. The predicted octanol–water partition coefficient (Wildman–Crippen LogP) is 5.19. The van der Waals surface area contributed by atoms with E-state index in [4.69, 9.17) is 0 Å². The normalized spacial score (nSPS) is 10.8. The molecule has 0 aliphatic carbocycles. The maximum absolute atomic E-state index is 2.27. The molecule has 0 heterocycles. The minimum atomic E-state index is 0.582. The van der Waals surface area contributed by atoms with Crippen molar-refractivity contribution < 1.29 is 0 Å². The van der Waals surface area contributed by atoms with E-state index in [2.05, 4.69) is 82.1 Å². The second-order valence-corrected chi connectivity index (χ2v) is 5.59. The quantitative estimate of drug-likeness (QED) is 0.727. The third-order valence-electron chi connectivity index (χ3n) is 3.68. The summed E-state index contributed by atoms with van der Waals surface area (Å²) in [5, 5.41) is 0. The van der Waals surface area contributed by atoms with Gasteiger partial charge in [-0.25, -0.2) is 0 Å². The fourth-order valence-electron chi connectivity index (χ4n) is 2.43. The fourth-order valence-corrected chi connectivity index (χ4v) is 2.43. The third kappa shape index (κ3) is 2.98. The maximum Gasteiger partial charge on any atom is 0.0410 e. The molecule has 0 fully saturated rings. The Balaban J connectivity index is 2.31. The second-order valence-electron chi connectivity index (χ2n) is 5.59. The minimum absolute atomic E-state index is 0.582. The molecule has 100 valence electrons. The number of hydrogen-bond acceptors (Lipinski definition) is 1. The Hall–Kier alpha value is -1.76. The van der Waals surface area contributed by atoms with Gasteiger partial charge >= 0.3 is 0 Å². The number of benzene rings is 2. The van der Waals surface area contributed by atoms with Crippen LogP contribution in [0, 0.1) is 13.8 Å². The molecule has 0 saturated carbocycles. The van der Waals surface area contributed by atoms with E-state index in [0.717, 1.165) is 0 Å². The molecule has 1 heteroatoms. The van der Waals surface area contributed by atoms with Crippen molar-refractivity contribution in [3.63, 3.8) is 0 Å². The molecular weight excluding hydrogens is 230 g/mol. The molecule has 0 spiro atoms. The topological polar surface area (TPSA) is 3.24 Å². The van der Waals surface area contributed by atoms with Gasteiger partial charge < -0.3 is 4.90 Å². The average Bonchev–Trinajstić information content (AvgIpc) is 2.38. The van der Waals surface area contributed by atoms with Crippen molar-refractivity contribution in [3.05, 3.63) is 59.2 Å². The van der Waals surface area contributed by atoms with Crippen molar-refractivity contribution in [2.24, 2.45) is 0 Å². The van der Waals surface area contributed by atoms with Crippen LogP contribution < -0.4 is 4.90 Å². The molecular formula is C18H23N. The lowest BCUT2D eigenvalue weighted by Crippen LogP contribution is -2.10. The van der Waals surface area contributed by atoms with Crippen LogP contribution >= 0.6 is 0 Å². The standard InChI is InChI=1S/C18H23N/c1-13(2)18-11-10-17(12-15(18)4)19(5)16-8-6-14(3)7-9-16/h6-13H,1-5H3. The number of hydrogen-bond donors (Lipinski definition) is 0. The molecule has 2 aromatic rings. The number of anilines is 2. The molecule has 2 rings (SSSR count). The molecule has 0 aliphatic rings. The minimum Gasteiger partial charge on any atom is -0.345 e. The molecule has 1 nitrogen and oxygen atoms in total. The van der Waals surface area contributed by atoms with Crippen LogP contribution in [0.25, 0.3) is 0 Å². The van der Waals surface area contributed by atoms with Gasteiger partial charge in [0.1, 0.15) is 0 Å². The van der Waals surface area contributed by atoms with Crippen molar-refractivity contribution in [2.75, 3.05) is 11.9 Å². The lowest BCUT2D eigenvalue weighted by atomic mass is 9.97. The third-order valence-corrected chi connectivity index (χ3v) is 3.68. The zero-order valence-electron chi connectivity index (χ0n) is 12.6. The first-order chi connectivity index (χ1) is 8.99. The van der Waals surface area contributed by atoms with Crippen molar-refractivity contribution in [3.8, 4) is 0 Å². The van der Waals surface area contributed by atoms with E-state index in [1.807, 2.05) is 0 Å². The molecule has 0 saturated heterocycles. The summed E-state index contributed by atoms with van der Waals surface area (Å²) in [6.07, 6.45) is 0. The van der Waals surface area contributed by atoms with Gasteiger partial charge in [-0.1, -0.05) is 37.6 Å². The van der Waals surface area contributed by atoms with Gasteiger partial charge in [-0.15, -0.1) is 0 Å². The molecule has 0 radical (unpaired) electrons. The van der Waals surface area contributed by atoms with Crippen LogP contribution in [0.15, 0.2) is 42.5 Å². The number of aryl methyl sites for hydroxylation is 2.